The Balaban J connectivity index is 2.17. The Kier molecular flexibility index (Phi) is 3.33. The minimum Gasteiger partial charge on any atom is -0.254 e. The summed E-state index contributed by atoms with van der Waals surface area (Å²) in [6.07, 6.45) is 4.78. The molecular formula is C12H24BF. The molecule has 1 saturated carbocycles. The Morgan fingerprint density at radius 3 is 2.07 bits per heavy atom. The van der Waals surface area contributed by atoms with E-state index in [1.165, 1.54) is 12.8 Å². The third kappa shape index (κ3) is 3.63. The van der Waals surface area contributed by atoms with Gasteiger partial charge in [0.1, 0.15) is 7.85 Å². The van der Waals surface area contributed by atoms with E-state index in [1.807, 2.05) is 0 Å². The van der Waals surface area contributed by atoms with Crippen LogP contribution in [0.25, 0.3) is 0 Å². The fourth-order valence-electron chi connectivity index (χ4n) is 2.17. The zero-order chi connectivity index (χ0) is 11.0. The average molecular weight is 198 g/mol. The van der Waals surface area contributed by atoms with E-state index in [9.17, 15) is 4.39 Å². The number of alkyl halides is 1. The van der Waals surface area contributed by atoms with Crippen LogP contribution < -0.4 is 0 Å². The summed E-state index contributed by atoms with van der Waals surface area (Å²) in [7, 11) is 1.72. The lowest BCUT2D eigenvalue weighted by molar-refractivity contribution is 0.0616. The lowest BCUT2D eigenvalue weighted by Gasteiger charge is -2.42. The standard InChI is InChI=1S/C12H24BF/c1-11(2,3)6-5-9-7-10(8-9)12(4,13)14/h9-10H,5-8,13H2,1-4H3. The number of hydrogen-bond acceptors (Lipinski definition) is 0. The summed E-state index contributed by atoms with van der Waals surface area (Å²) in [5.74, 6) is 1.13. The predicted molar refractivity (Wildman–Crippen MR) is 63.0 cm³/mol. The van der Waals surface area contributed by atoms with Gasteiger partial charge in [-0.15, -0.1) is 0 Å². The second-order valence-electron chi connectivity index (χ2n) is 6.70. The number of halogens is 1. The third-order valence-corrected chi connectivity index (χ3v) is 3.51. The van der Waals surface area contributed by atoms with Crippen LogP contribution in [-0.4, -0.2) is 13.4 Å². The van der Waals surface area contributed by atoms with E-state index in [2.05, 4.69) is 20.8 Å². The molecule has 82 valence electrons. The van der Waals surface area contributed by atoms with E-state index >= 15 is 0 Å². The molecule has 0 amide bonds. The normalized spacial score (nSPS) is 32.1. The molecule has 0 N–H and O–H groups in total. The van der Waals surface area contributed by atoms with Gasteiger partial charge in [-0.2, -0.15) is 0 Å². The first-order valence-corrected chi connectivity index (χ1v) is 5.87. The fourth-order valence-corrected chi connectivity index (χ4v) is 2.17. The molecular weight excluding hydrogens is 174 g/mol. The van der Waals surface area contributed by atoms with Crippen molar-refractivity contribution >= 4 is 7.85 Å². The SMILES string of the molecule is BC(C)(F)C1CC(CCC(C)(C)C)C1. The Bertz CT molecular complexity index is 179. The Morgan fingerprint density at radius 1 is 1.21 bits per heavy atom. The van der Waals surface area contributed by atoms with Crippen molar-refractivity contribution in [2.24, 2.45) is 17.3 Å². The maximum Gasteiger partial charge on any atom is 0.150 e. The summed E-state index contributed by atoms with van der Waals surface area (Å²) >= 11 is 0. The Labute approximate surface area is 89.1 Å². The molecule has 0 bridgehead atoms. The smallest absolute Gasteiger partial charge is 0.150 e. The molecule has 0 aromatic carbocycles. The summed E-state index contributed by atoms with van der Waals surface area (Å²) in [6, 6.07) is 0. The van der Waals surface area contributed by atoms with Crippen molar-refractivity contribution in [2.45, 2.75) is 58.9 Å². The minimum absolute atomic E-state index is 0.326. The molecule has 1 atom stereocenters. The highest BCUT2D eigenvalue weighted by Crippen LogP contribution is 2.44. The summed E-state index contributed by atoms with van der Waals surface area (Å²) in [5, 5.41) is 0. The van der Waals surface area contributed by atoms with Crippen molar-refractivity contribution in [1.29, 1.82) is 0 Å². The topological polar surface area (TPSA) is 0 Å². The summed E-state index contributed by atoms with van der Waals surface area (Å²) in [6.45, 7) is 8.56. The molecule has 1 unspecified atom stereocenters. The first-order chi connectivity index (χ1) is 6.18. The Hall–Kier alpha value is -0.00506. The average Bonchev–Trinajstić information content (AvgIpc) is 1.76. The van der Waals surface area contributed by atoms with Crippen LogP contribution in [0.3, 0.4) is 0 Å². The van der Waals surface area contributed by atoms with Crippen LogP contribution in [0.4, 0.5) is 4.39 Å². The van der Waals surface area contributed by atoms with Gasteiger partial charge in [0.15, 0.2) is 0 Å². The molecule has 0 heterocycles. The van der Waals surface area contributed by atoms with Gasteiger partial charge in [-0.3, -0.25) is 4.39 Å². The lowest BCUT2D eigenvalue weighted by atomic mass is 9.59. The highest BCUT2D eigenvalue weighted by Gasteiger charge is 2.39. The van der Waals surface area contributed by atoms with E-state index in [-0.39, 0.29) is 0 Å². The van der Waals surface area contributed by atoms with Crippen LogP contribution in [0.1, 0.15) is 53.4 Å². The van der Waals surface area contributed by atoms with Crippen molar-refractivity contribution in [3.63, 3.8) is 0 Å². The molecule has 1 rings (SSSR count). The quantitative estimate of drug-likeness (QED) is 0.611. The molecule has 1 aliphatic rings. The molecule has 0 radical (unpaired) electrons. The van der Waals surface area contributed by atoms with E-state index < -0.39 is 5.57 Å². The first-order valence-electron chi connectivity index (χ1n) is 5.87. The van der Waals surface area contributed by atoms with Crippen molar-refractivity contribution in [3.8, 4) is 0 Å². The molecule has 0 nitrogen and oxygen atoms in total. The molecule has 2 heteroatoms. The van der Waals surface area contributed by atoms with Crippen molar-refractivity contribution in [3.05, 3.63) is 0 Å². The third-order valence-electron chi connectivity index (χ3n) is 3.51. The van der Waals surface area contributed by atoms with Crippen LogP contribution in [-0.2, 0) is 0 Å². The highest BCUT2D eigenvalue weighted by molar-refractivity contribution is 6.14. The highest BCUT2D eigenvalue weighted by atomic mass is 19.1. The molecule has 0 aromatic heterocycles. The number of hydrogen-bond donors (Lipinski definition) is 0. The van der Waals surface area contributed by atoms with Crippen LogP contribution in [0, 0.1) is 17.3 Å². The maximum absolute atomic E-state index is 13.5. The van der Waals surface area contributed by atoms with Crippen LogP contribution in [0.5, 0.6) is 0 Å². The monoisotopic (exact) mass is 198 g/mol. The molecule has 0 aliphatic heterocycles. The van der Waals surface area contributed by atoms with Crippen LogP contribution >= 0.6 is 0 Å². The summed E-state index contributed by atoms with van der Waals surface area (Å²) < 4.78 is 13.5. The van der Waals surface area contributed by atoms with E-state index in [4.69, 9.17) is 0 Å². The van der Waals surface area contributed by atoms with Crippen molar-refractivity contribution in [1.82, 2.24) is 0 Å². The van der Waals surface area contributed by atoms with Gasteiger partial charge in [0.05, 0.1) is 5.57 Å². The van der Waals surface area contributed by atoms with Crippen LogP contribution in [0.2, 0.25) is 0 Å². The minimum atomic E-state index is -0.946. The van der Waals surface area contributed by atoms with Crippen molar-refractivity contribution < 1.29 is 4.39 Å². The predicted octanol–water partition coefficient (Wildman–Crippen LogP) is 3.16. The molecule has 0 saturated heterocycles. The van der Waals surface area contributed by atoms with Gasteiger partial charge >= 0.3 is 0 Å². The van der Waals surface area contributed by atoms with Gasteiger partial charge in [-0.1, -0.05) is 20.8 Å². The zero-order valence-corrected chi connectivity index (χ0v) is 10.4. The summed E-state index contributed by atoms with van der Waals surface area (Å²) in [5.41, 5.74) is -0.505. The van der Waals surface area contributed by atoms with Gasteiger partial charge in [-0.25, -0.2) is 0 Å². The van der Waals surface area contributed by atoms with Gasteiger partial charge in [0.25, 0.3) is 0 Å². The Morgan fingerprint density at radius 2 is 1.71 bits per heavy atom. The fraction of sp³-hybridized carbons (Fsp3) is 1.00. The molecule has 0 aromatic rings. The van der Waals surface area contributed by atoms with Gasteiger partial charge < -0.3 is 0 Å². The molecule has 14 heavy (non-hydrogen) atoms. The van der Waals surface area contributed by atoms with Gasteiger partial charge in [0, 0.05) is 0 Å². The number of rotatable bonds is 3. The van der Waals surface area contributed by atoms with Crippen molar-refractivity contribution in [2.75, 3.05) is 0 Å². The van der Waals surface area contributed by atoms with E-state index in [1.54, 1.807) is 14.8 Å². The maximum atomic E-state index is 13.5. The molecule has 1 fully saturated rings. The van der Waals surface area contributed by atoms with E-state index in [0.29, 0.717) is 11.3 Å². The van der Waals surface area contributed by atoms with Crippen LogP contribution in [0.15, 0.2) is 0 Å². The zero-order valence-electron chi connectivity index (χ0n) is 10.4. The second kappa shape index (κ2) is 3.86. The van der Waals surface area contributed by atoms with Gasteiger partial charge in [0.2, 0.25) is 0 Å². The molecule has 1 aliphatic carbocycles. The largest absolute Gasteiger partial charge is 0.254 e. The second-order valence-corrected chi connectivity index (χ2v) is 6.70. The summed E-state index contributed by atoms with van der Waals surface area (Å²) in [4.78, 5) is 0. The lowest BCUT2D eigenvalue weighted by Crippen LogP contribution is -2.40. The molecule has 0 spiro atoms. The van der Waals surface area contributed by atoms with E-state index in [0.717, 1.165) is 18.8 Å². The first kappa shape index (κ1) is 12.1. The van der Waals surface area contributed by atoms with Gasteiger partial charge in [-0.05, 0) is 49.9 Å².